The van der Waals surface area contributed by atoms with Crippen LogP contribution >= 0.6 is 0 Å². The predicted molar refractivity (Wildman–Crippen MR) is 54.9 cm³/mol. The van der Waals surface area contributed by atoms with Crippen LogP contribution in [-0.2, 0) is 9.53 Å². The van der Waals surface area contributed by atoms with Crippen LogP contribution in [0.2, 0.25) is 0 Å². The molecule has 0 aliphatic rings. The maximum absolute atomic E-state index is 11.5. The molecule has 1 amide bonds. The van der Waals surface area contributed by atoms with Gasteiger partial charge in [-0.1, -0.05) is 0 Å². The highest BCUT2D eigenvalue weighted by Gasteiger charge is 2.21. The van der Waals surface area contributed by atoms with Gasteiger partial charge in [-0.15, -0.1) is 0 Å². The third-order valence-corrected chi connectivity index (χ3v) is 2.11. The Labute approximate surface area is 88.4 Å². The molecule has 0 aliphatic heterocycles. The van der Waals surface area contributed by atoms with Gasteiger partial charge in [0.1, 0.15) is 0 Å². The number of nitrogens with zero attached hydrogens (tertiary/aromatic N) is 2. The fourth-order valence-electron chi connectivity index (χ4n) is 1.47. The summed E-state index contributed by atoms with van der Waals surface area (Å²) in [5.74, 6) is 4.78. The summed E-state index contributed by atoms with van der Waals surface area (Å²) in [7, 11) is 1.53. The Hall–Kier alpha value is -1.40. The summed E-state index contributed by atoms with van der Waals surface area (Å²) in [4.78, 5) is 11.5. The zero-order valence-corrected chi connectivity index (χ0v) is 9.15. The summed E-state index contributed by atoms with van der Waals surface area (Å²) >= 11 is 0. The number of nitrogens with two attached hydrogens (primary N) is 1. The second-order valence-corrected chi connectivity index (χ2v) is 3.35. The Morgan fingerprint density at radius 3 is 2.80 bits per heavy atom. The molecule has 0 radical (unpaired) electrons. The van der Waals surface area contributed by atoms with Crippen molar-refractivity contribution in [3.63, 3.8) is 0 Å². The van der Waals surface area contributed by atoms with Crippen LogP contribution in [0.25, 0.3) is 0 Å². The Balaban J connectivity index is 2.98. The van der Waals surface area contributed by atoms with Gasteiger partial charge in [0.15, 0.2) is 6.04 Å². The zero-order chi connectivity index (χ0) is 11.4. The Morgan fingerprint density at radius 1 is 1.73 bits per heavy atom. The molecule has 0 fully saturated rings. The van der Waals surface area contributed by atoms with E-state index in [0.29, 0.717) is 0 Å². The van der Waals surface area contributed by atoms with Gasteiger partial charge < -0.3 is 4.74 Å². The third-order valence-electron chi connectivity index (χ3n) is 2.11. The molecule has 0 saturated heterocycles. The lowest BCUT2D eigenvalue weighted by Crippen LogP contribution is -2.39. The normalized spacial score (nSPS) is 12.5. The molecule has 0 spiro atoms. The fraction of sp³-hybridized carbons (Fsp3) is 0.556. The summed E-state index contributed by atoms with van der Waals surface area (Å²) in [6.45, 7) is 3.99. The molecule has 6 nitrogen and oxygen atoms in total. The van der Waals surface area contributed by atoms with E-state index in [1.54, 1.807) is 4.68 Å². The first-order valence-corrected chi connectivity index (χ1v) is 4.62. The fourth-order valence-corrected chi connectivity index (χ4v) is 1.47. The number of rotatable bonds is 4. The molecule has 0 bridgehead atoms. The molecule has 1 unspecified atom stereocenters. The maximum atomic E-state index is 11.5. The number of hydrogen-bond acceptors (Lipinski definition) is 4. The average Bonchev–Trinajstić information content (AvgIpc) is 2.53. The minimum Gasteiger partial charge on any atom is -0.382 e. The first kappa shape index (κ1) is 11.7. The van der Waals surface area contributed by atoms with Gasteiger partial charge in [-0.3, -0.25) is 14.9 Å². The molecular weight excluding hydrogens is 196 g/mol. The maximum Gasteiger partial charge on any atom is 0.261 e. The van der Waals surface area contributed by atoms with Crippen LogP contribution in [0.5, 0.6) is 0 Å². The number of carbonyl (C=O) groups is 1. The lowest BCUT2D eigenvalue weighted by atomic mass is 10.3. The van der Waals surface area contributed by atoms with E-state index in [1.807, 2.05) is 19.9 Å². The van der Waals surface area contributed by atoms with Crippen LogP contribution in [0, 0.1) is 13.8 Å². The number of carbonyl (C=O) groups excluding carboxylic acids is 1. The van der Waals surface area contributed by atoms with Crippen molar-refractivity contribution in [1.29, 1.82) is 0 Å². The molecule has 15 heavy (non-hydrogen) atoms. The third kappa shape index (κ3) is 2.54. The number of methoxy groups -OCH3 is 1. The van der Waals surface area contributed by atoms with Gasteiger partial charge in [0, 0.05) is 12.8 Å². The van der Waals surface area contributed by atoms with E-state index >= 15 is 0 Å². The first-order valence-electron chi connectivity index (χ1n) is 4.62. The Kier molecular flexibility index (Phi) is 3.81. The van der Waals surface area contributed by atoms with E-state index < -0.39 is 6.04 Å². The quantitative estimate of drug-likeness (QED) is 0.407. The molecular formula is C9H16N4O2. The van der Waals surface area contributed by atoms with E-state index in [9.17, 15) is 4.79 Å². The zero-order valence-electron chi connectivity index (χ0n) is 9.15. The van der Waals surface area contributed by atoms with E-state index in [1.165, 1.54) is 7.11 Å². The van der Waals surface area contributed by atoms with Crippen LogP contribution in [0.4, 0.5) is 0 Å². The van der Waals surface area contributed by atoms with E-state index in [0.717, 1.165) is 11.4 Å². The molecule has 0 saturated carbocycles. The van der Waals surface area contributed by atoms with Crippen molar-refractivity contribution in [1.82, 2.24) is 15.2 Å². The van der Waals surface area contributed by atoms with Crippen molar-refractivity contribution in [3.05, 3.63) is 17.5 Å². The van der Waals surface area contributed by atoms with Crippen molar-refractivity contribution < 1.29 is 9.53 Å². The monoisotopic (exact) mass is 212 g/mol. The summed E-state index contributed by atoms with van der Waals surface area (Å²) in [6, 6.07) is 1.38. The number of hydrogen-bond donors (Lipinski definition) is 2. The van der Waals surface area contributed by atoms with Crippen molar-refractivity contribution >= 4 is 5.91 Å². The van der Waals surface area contributed by atoms with E-state index in [2.05, 4.69) is 10.5 Å². The molecule has 1 heterocycles. The Bertz CT molecular complexity index is 348. The van der Waals surface area contributed by atoms with Crippen LogP contribution in [0.15, 0.2) is 6.07 Å². The van der Waals surface area contributed by atoms with Gasteiger partial charge >= 0.3 is 0 Å². The van der Waals surface area contributed by atoms with Gasteiger partial charge in [-0.05, 0) is 19.9 Å². The van der Waals surface area contributed by atoms with Crippen molar-refractivity contribution in [2.75, 3.05) is 13.7 Å². The number of ether oxygens (including phenoxy) is 1. The minimum absolute atomic E-state index is 0.241. The van der Waals surface area contributed by atoms with Crippen LogP contribution in [0.1, 0.15) is 17.4 Å². The first-order chi connectivity index (χ1) is 7.10. The highest BCUT2D eigenvalue weighted by Crippen LogP contribution is 2.11. The number of aromatic nitrogens is 2. The van der Waals surface area contributed by atoms with Crippen molar-refractivity contribution in [2.24, 2.45) is 5.84 Å². The van der Waals surface area contributed by atoms with Crippen LogP contribution in [-0.4, -0.2) is 29.4 Å². The largest absolute Gasteiger partial charge is 0.382 e. The molecule has 6 heteroatoms. The number of nitrogens with one attached hydrogen (secondary N) is 1. The predicted octanol–water partition coefficient (Wildman–Crippen LogP) is -0.323. The molecule has 3 N–H and O–H groups in total. The van der Waals surface area contributed by atoms with Crippen molar-refractivity contribution in [3.8, 4) is 0 Å². The number of hydrazine groups is 1. The SMILES string of the molecule is COCC(C(=O)NN)n1nc(C)cc1C. The molecule has 1 aromatic heterocycles. The average molecular weight is 212 g/mol. The summed E-state index contributed by atoms with van der Waals surface area (Å²) in [5.41, 5.74) is 3.87. The second kappa shape index (κ2) is 4.90. The molecule has 1 rings (SSSR count). The number of amides is 1. The summed E-state index contributed by atoms with van der Waals surface area (Å²) in [5, 5.41) is 4.22. The topological polar surface area (TPSA) is 82.2 Å². The number of aryl methyl sites for hydroxylation is 2. The van der Waals surface area contributed by atoms with Gasteiger partial charge in [-0.25, -0.2) is 5.84 Å². The van der Waals surface area contributed by atoms with Gasteiger partial charge in [0.25, 0.3) is 5.91 Å². The highest BCUT2D eigenvalue weighted by molar-refractivity contribution is 5.79. The molecule has 0 aliphatic carbocycles. The van der Waals surface area contributed by atoms with E-state index in [-0.39, 0.29) is 12.5 Å². The lowest BCUT2D eigenvalue weighted by molar-refractivity contribution is -0.126. The molecule has 1 aromatic rings. The molecule has 1 atom stereocenters. The van der Waals surface area contributed by atoms with E-state index in [4.69, 9.17) is 10.6 Å². The smallest absolute Gasteiger partial charge is 0.261 e. The van der Waals surface area contributed by atoms with Gasteiger partial charge in [-0.2, -0.15) is 5.10 Å². The van der Waals surface area contributed by atoms with Crippen molar-refractivity contribution in [2.45, 2.75) is 19.9 Å². The molecule has 84 valence electrons. The second-order valence-electron chi connectivity index (χ2n) is 3.35. The van der Waals surface area contributed by atoms with Gasteiger partial charge in [0.05, 0.1) is 12.3 Å². The van der Waals surface area contributed by atoms with Gasteiger partial charge in [0.2, 0.25) is 0 Å². The highest BCUT2D eigenvalue weighted by atomic mass is 16.5. The lowest BCUT2D eigenvalue weighted by Gasteiger charge is -2.16. The molecule has 0 aromatic carbocycles. The van der Waals surface area contributed by atoms with Crippen LogP contribution < -0.4 is 11.3 Å². The summed E-state index contributed by atoms with van der Waals surface area (Å²) in [6.07, 6.45) is 0. The standard InChI is InChI=1S/C9H16N4O2/c1-6-4-7(2)13(12-6)8(5-15-3)9(14)11-10/h4,8H,5,10H2,1-3H3,(H,11,14). The Morgan fingerprint density at radius 2 is 2.40 bits per heavy atom. The van der Waals surface area contributed by atoms with Crippen LogP contribution in [0.3, 0.4) is 0 Å². The summed E-state index contributed by atoms with van der Waals surface area (Å²) < 4.78 is 6.58. The minimum atomic E-state index is -0.520.